The van der Waals surface area contributed by atoms with Gasteiger partial charge in [-0.25, -0.2) is 0 Å². The molecule has 0 aliphatic heterocycles. The highest BCUT2D eigenvalue weighted by atomic mass is 31.2. The topological polar surface area (TPSA) is 35.5 Å². The molecule has 3 nitrogen and oxygen atoms in total. The zero-order chi connectivity index (χ0) is 15.1. The Hall–Kier alpha value is -1.33. The largest absolute Gasteiger partial charge is 0.345 e. The lowest BCUT2D eigenvalue weighted by Gasteiger charge is -2.28. The first-order chi connectivity index (χ1) is 10.2. The Bertz CT molecular complexity index is 575. The third-order valence-corrected chi connectivity index (χ3v) is 5.99. The quantitative estimate of drug-likeness (QED) is 0.474. The molecule has 1 aliphatic rings. The van der Waals surface area contributed by atoms with Crippen molar-refractivity contribution in [2.24, 2.45) is 5.92 Å². The third-order valence-electron chi connectivity index (χ3n) is 3.74. The summed E-state index contributed by atoms with van der Waals surface area (Å²) in [7, 11) is -0.343. The molecule has 0 radical (unpaired) electrons. The molecule has 2 atom stereocenters. The highest BCUT2D eigenvalue weighted by molar-refractivity contribution is 7.55. The van der Waals surface area contributed by atoms with E-state index in [1.54, 1.807) is 0 Å². The molecule has 0 spiro atoms. The molecule has 21 heavy (non-hydrogen) atoms. The van der Waals surface area contributed by atoms with Gasteiger partial charge in [0.05, 0.1) is 0 Å². The summed E-state index contributed by atoms with van der Waals surface area (Å²) in [5, 5.41) is 0. The fraction of sp³-hybridized carbons (Fsp3) is 0.412. The van der Waals surface area contributed by atoms with Crippen molar-refractivity contribution < 1.29 is 13.6 Å². The Kier molecular flexibility index (Phi) is 5.82. The Morgan fingerprint density at radius 3 is 2.48 bits per heavy atom. The maximum absolute atomic E-state index is 12.8. The van der Waals surface area contributed by atoms with Crippen molar-refractivity contribution in [2.75, 3.05) is 14.2 Å². The molecule has 0 fully saturated rings. The van der Waals surface area contributed by atoms with Gasteiger partial charge in [-0.2, -0.15) is 0 Å². The second kappa shape index (κ2) is 7.61. The SMILES string of the molecule is COP(=O)(OC)C(C#Cc1ccccc1)C1CC=CCC1. The Morgan fingerprint density at radius 2 is 1.90 bits per heavy atom. The summed E-state index contributed by atoms with van der Waals surface area (Å²) in [6.45, 7) is 0. The lowest BCUT2D eigenvalue weighted by molar-refractivity contribution is 0.259. The summed E-state index contributed by atoms with van der Waals surface area (Å²) in [6.07, 6.45) is 7.09. The van der Waals surface area contributed by atoms with Gasteiger partial charge in [-0.05, 0) is 37.3 Å². The van der Waals surface area contributed by atoms with Crippen molar-refractivity contribution in [2.45, 2.75) is 24.9 Å². The van der Waals surface area contributed by atoms with E-state index in [0.717, 1.165) is 24.8 Å². The second-order valence-electron chi connectivity index (χ2n) is 5.03. The molecule has 112 valence electrons. The van der Waals surface area contributed by atoms with E-state index in [-0.39, 0.29) is 5.92 Å². The van der Waals surface area contributed by atoms with E-state index in [1.165, 1.54) is 14.2 Å². The molecule has 0 saturated carbocycles. The predicted octanol–water partition coefficient (Wildman–Crippen LogP) is 4.25. The van der Waals surface area contributed by atoms with Crippen molar-refractivity contribution in [3.63, 3.8) is 0 Å². The zero-order valence-electron chi connectivity index (χ0n) is 12.5. The molecular formula is C17H21O3P. The van der Waals surface area contributed by atoms with Crippen LogP contribution in [0.4, 0.5) is 0 Å². The average Bonchev–Trinajstić information content (AvgIpc) is 2.56. The van der Waals surface area contributed by atoms with E-state index in [1.807, 2.05) is 30.3 Å². The number of rotatable bonds is 4. The van der Waals surface area contributed by atoms with E-state index >= 15 is 0 Å². The van der Waals surface area contributed by atoms with E-state index in [9.17, 15) is 4.57 Å². The first kappa shape index (κ1) is 16.0. The molecule has 1 aromatic rings. The van der Waals surface area contributed by atoms with Gasteiger partial charge in [0.15, 0.2) is 0 Å². The van der Waals surface area contributed by atoms with Crippen LogP contribution in [0, 0.1) is 17.8 Å². The first-order valence-corrected chi connectivity index (χ1v) is 8.73. The summed E-state index contributed by atoms with van der Waals surface area (Å²) in [5.74, 6) is 6.47. The summed E-state index contributed by atoms with van der Waals surface area (Å²) < 4.78 is 23.2. The van der Waals surface area contributed by atoms with Crippen LogP contribution >= 0.6 is 7.60 Å². The second-order valence-corrected chi connectivity index (χ2v) is 7.40. The number of hydrogen-bond acceptors (Lipinski definition) is 3. The minimum absolute atomic E-state index is 0.206. The van der Waals surface area contributed by atoms with E-state index in [0.29, 0.717) is 0 Å². The fourth-order valence-corrected chi connectivity index (χ4v) is 4.15. The van der Waals surface area contributed by atoms with Crippen LogP contribution in [-0.4, -0.2) is 19.9 Å². The molecular weight excluding hydrogens is 283 g/mol. The lowest BCUT2D eigenvalue weighted by Crippen LogP contribution is -2.22. The highest BCUT2D eigenvalue weighted by Gasteiger charge is 2.38. The van der Waals surface area contributed by atoms with E-state index in [2.05, 4.69) is 24.0 Å². The van der Waals surface area contributed by atoms with Gasteiger partial charge in [-0.1, -0.05) is 42.2 Å². The predicted molar refractivity (Wildman–Crippen MR) is 85.2 cm³/mol. The van der Waals surface area contributed by atoms with Crippen LogP contribution in [0.3, 0.4) is 0 Å². The fourth-order valence-electron chi connectivity index (χ4n) is 2.54. The minimum atomic E-state index is -3.20. The number of benzene rings is 1. The van der Waals surface area contributed by atoms with E-state index < -0.39 is 13.3 Å². The van der Waals surface area contributed by atoms with E-state index in [4.69, 9.17) is 9.05 Å². The lowest BCUT2D eigenvalue weighted by atomic mass is 9.91. The van der Waals surface area contributed by atoms with Gasteiger partial charge in [0.25, 0.3) is 0 Å². The number of allylic oxidation sites excluding steroid dienone is 2. The molecule has 0 N–H and O–H groups in total. The van der Waals surface area contributed by atoms with Gasteiger partial charge in [0.1, 0.15) is 5.66 Å². The van der Waals surface area contributed by atoms with Gasteiger partial charge in [-0.15, -0.1) is 0 Å². The van der Waals surface area contributed by atoms with Crippen LogP contribution in [0.25, 0.3) is 0 Å². The summed E-state index contributed by atoms with van der Waals surface area (Å²) in [4.78, 5) is 0. The van der Waals surface area contributed by atoms with Gasteiger partial charge in [0, 0.05) is 19.8 Å². The Labute approximate surface area is 126 Å². The molecule has 2 rings (SSSR count). The summed E-state index contributed by atoms with van der Waals surface area (Å²) >= 11 is 0. The Morgan fingerprint density at radius 1 is 1.19 bits per heavy atom. The van der Waals surface area contributed by atoms with Crippen molar-refractivity contribution in [1.29, 1.82) is 0 Å². The van der Waals surface area contributed by atoms with Gasteiger partial charge >= 0.3 is 7.60 Å². The van der Waals surface area contributed by atoms with Crippen molar-refractivity contribution in [3.05, 3.63) is 48.0 Å². The summed E-state index contributed by atoms with van der Waals surface area (Å²) in [6, 6.07) is 9.71. The van der Waals surface area contributed by atoms with Crippen molar-refractivity contribution in [3.8, 4) is 11.8 Å². The molecule has 1 aromatic carbocycles. The minimum Gasteiger partial charge on any atom is -0.311 e. The van der Waals surface area contributed by atoms with Crippen LogP contribution in [0.15, 0.2) is 42.5 Å². The van der Waals surface area contributed by atoms with Crippen LogP contribution in [-0.2, 0) is 13.6 Å². The third kappa shape index (κ3) is 4.08. The van der Waals surface area contributed by atoms with Gasteiger partial charge < -0.3 is 9.05 Å². The molecule has 2 unspecified atom stereocenters. The average molecular weight is 304 g/mol. The van der Waals surface area contributed by atoms with Crippen LogP contribution in [0.1, 0.15) is 24.8 Å². The maximum atomic E-state index is 12.8. The zero-order valence-corrected chi connectivity index (χ0v) is 13.4. The van der Waals surface area contributed by atoms with Gasteiger partial charge in [0.2, 0.25) is 0 Å². The molecule has 0 aromatic heterocycles. The van der Waals surface area contributed by atoms with Crippen LogP contribution in [0.2, 0.25) is 0 Å². The van der Waals surface area contributed by atoms with Crippen LogP contribution in [0.5, 0.6) is 0 Å². The molecule has 4 heteroatoms. The smallest absolute Gasteiger partial charge is 0.311 e. The van der Waals surface area contributed by atoms with Crippen molar-refractivity contribution >= 4 is 7.60 Å². The van der Waals surface area contributed by atoms with Gasteiger partial charge in [-0.3, -0.25) is 4.57 Å². The van der Waals surface area contributed by atoms with Crippen LogP contribution < -0.4 is 0 Å². The molecule has 0 heterocycles. The first-order valence-electron chi connectivity index (χ1n) is 7.12. The molecule has 0 bridgehead atoms. The monoisotopic (exact) mass is 304 g/mol. The summed E-state index contributed by atoms with van der Waals surface area (Å²) in [5.41, 5.74) is 0.519. The Balaban J connectivity index is 2.30. The maximum Gasteiger partial charge on any atom is 0.345 e. The van der Waals surface area contributed by atoms with Crippen molar-refractivity contribution in [1.82, 2.24) is 0 Å². The molecule has 0 saturated heterocycles. The number of hydrogen-bond donors (Lipinski definition) is 0. The molecule has 0 amide bonds. The molecule has 1 aliphatic carbocycles. The standard InChI is InChI=1S/C17H21O3P/c1-19-21(18,20-2)17(16-11-7-4-8-12-16)14-13-15-9-5-3-6-10-15/h3-7,9-10,16-17H,8,11-12H2,1-2H3. The highest BCUT2D eigenvalue weighted by Crippen LogP contribution is 2.55. The normalized spacial score (nSPS) is 19.6.